The van der Waals surface area contributed by atoms with Crippen molar-refractivity contribution in [3.05, 3.63) is 35.4 Å². The van der Waals surface area contributed by atoms with Crippen LogP contribution in [0.1, 0.15) is 51.7 Å². The highest BCUT2D eigenvalue weighted by atomic mass is 16.5. The third-order valence-electron chi connectivity index (χ3n) is 4.44. The maximum atomic E-state index is 12.4. The number of carbonyl (C=O) groups is 1. The van der Waals surface area contributed by atoms with Crippen molar-refractivity contribution >= 4 is 17.2 Å². The van der Waals surface area contributed by atoms with Gasteiger partial charge in [-0.25, -0.2) is 4.79 Å². The van der Waals surface area contributed by atoms with E-state index < -0.39 is 0 Å². The second-order valence-electron chi connectivity index (χ2n) is 6.65. The van der Waals surface area contributed by atoms with Crippen molar-refractivity contribution in [1.82, 2.24) is 0 Å². The van der Waals surface area contributed by atoms with Crippen molar-refractivity contribution < 1.29 is 9.53 Å². The van der Waals surface area contributed by atoms with Crippen LogP contribution in [0.15, 0.2) is 24.3 Å². The fourth-order valence-corrected chi connectivity index (χ4v) is 3.58. The number of fused-ring (bicyclic) bond motifs is 1. The van der Waals surface area contributed by atoms with Crippen LogP contribution in [0.2, 0.25) is 0 Å². The molecule has 0 aliphatic carbocycles. The first-order chi connectivity index (χ1) is 10.3. The average Bonchev–Trinajstić information content (AvgIpc) is 2.45. The molecule has 0 amide bonds. The van der Waals surface area contributed by atoms with Crippen LogP contribution < -0.4 is 4.90 Å². The van der Waals surface area contributed by atoms with Crippen molar-refractivity contribution in [2.75, 3.05) is 12.0 Å². The monoisotopic (exact) mass is 301 g/mol. The molecule has 3 nitrogen and oxygen atoms in total. The van der Waals surface area contributed by atoms with E-state index in [2.05, 4.69) is 63.8 Å². The molecular weight excluding hydrogens is 274 g/mol. The molecular formula is C19H27NO2. The molecule has 0 aromatic heterocycles. The van der Waals surface area contributed by atoms with E-state index in [9.17, 15) is 4.79 Å². The van der Waals surface area contributed by atoms with Gasteiger partial charge in [0.2, 0.25) is 0 Å². The van der Waals surface area contributed by atoms with Crippen molar-refractivity contribution in [3.63, 3.8) is 0 Å². The lowest BCUT2D eigenvalue weighted by Gasteiger charge is -2.47. The summed E-state index contributed by atoms with van der Waals surface area (Å²) < 4.78 is 5.09. The van der Waals surface area contributed by atoms with E-state index in [1.54, 1.807) is 0 Å². The van der Waals surface area contributed by atoms with Crippen LogP contribution in [0.3, 0.4) is 0 Å². The Morgan fingerprint density at radius 1 is 1.32 bits per heavy atom. The van der Waals surface area contributed by atoms with E-state index in [4.69, 9.17) is 4.74 Å². The molecule has 1 aliphatic heterocycles. The van der Waals surface area contributed by atoms with Gasteiger partial charge in [0.25, 0.3) is 0 Å². The maximum Gasteiger partial charge on any atom is 0.328 e. The molecule has 2 rings (SSSR count). The Bertz CT molecular complexity index is 601. The van der Waals surface area contributed by atoms with Crippen LogP contribution in [0.25, 0.3) is 5.57 Å². The van der Waals surface area contributed by atoms with E-state index in [0.717, 1.165) is 18.5 Å². The Morgan fingerprint density at radius 3 is 2.59 bits per heavy atom. The maximum absolute atomic E-state index is 12.4. The van der Waals surface area contributed by atoms with E-state index in [1.165, 1.54) is 23.8 Å². The normalized spacial score (nSPS) is 17.5. The Morgan fingerprint density at radius 2 is 2.00 bits per heavy atom. The second kappa shape index (κ2) is 6.15. The summed E-state index contributed by atoms with van der Waals surface area (Å²) in [7, 11) is 1.47. The van der Waals surface area contributed by atoms with Gasteiger partial charge in [-0.05, 0) is 45.3 Å². The van der Waals surface area contributed by atoms with Gasteiger partial charge in [0, 0.05) is 11.3 Å². The number of nitrogens with zero attached hydrogens (tertiary/aromatic N) is 1. The fraction of sp³-hybridized carbons (Fsp3) is 0.526. The molecule has 0 saturated heterocycles. The highest BCUT2D eigenvalue weighted by molar-refractivity contribution is 5.88. The summed E-state index contributed by atoms with van der Waals surface area (Å²) in [4.78, 5) is 14.7. The largest absolute Gasteiger partial charge is 0.467 e. The summed E-state index contributed by atoms with van der Waals surface area (Å²) in [5.41, 5.74) is 4.61. The Labute approximate surface area is 134 Å². The Balaban J connectivity index is 2.65. The molecule has 1 atom stereocenters. The number of esters is 1. The predicted molar refractivity (Wildman–Crippen MR) is 92.1 cm³/mol. The third kappa shape index (κ3) is 2.77. The van der Waals surface area contributed by atoms with E-state index in [1.807, 2.05) is 0 Å². The van der Waals surface area contributed by atoms with Crippen LogP contribution in [-0.4, -0.2) is 24.7 Å². The van der Waals surface area contributed by atoms with Crippen LogP contribution in [-0.2, 0) is 9.53 Å². The number of anilines is 1. The van der Waals surface area contributed by atoms with Gasteiger partial charge in [0.15, 0.2) is 0 Å². The first-order valence-corrected chi connectivity index (χ1v) is 8.00. The summed E-state index contributed by atoms with van der Waals surface area (Å²) in [6.07, 6.45) is 3.98. The average molecular weight is 301 g/mol. The highest BCUT2D eigenvalue weighted by Crippen LogP contribution is 2.42. The van der Waals surface area contributed by atoms with Crippen LogP contribution in [0.5, 0.6) is 0 Å². The molecule has 120 valence electrons. The zero-order valence-corrected chi connectivity index (χ0v) is 14.6. The number of benzene rings is 1. The SMILES string of the molecule is CCCC(C(=O)OC)N1c2c(C)cccc2C(C)=CC1(C)C. The topological polar surface area (TPSA) is 29.5 Å². The number of hydrogen-bond donors (Lipinski definition) is 0. The number of aryl methyl sites for hydroxylation is 1. The Hall–Kier alpha value is -1.77. The zero-order chi connectivity index (χ0) is 16.5. The first kappa shape index (κ1) is 16.6. The lowest BCUT2D eigenvalue weighted by molar-refractivity contribution is -0.142. The number of hydrogen-bond acceptors (Lipinski definition) is 3. The zero-order valence-electron chi connectivity index (χ0n) is 14.6. The van der Waals surface area contributed by atoms with Crippen molar-refractivity contribution in [2.24, 2.45) is 0 Å². The van der Waals surface area contributed by atoms with E-state index >= 15 is 0 Å². The number of carbonyl (C=O) groups excluding carboxylic acids is 1. The summed E-state index contributed by atoms with van der Waals surface area (Å²) in [5.74, 6) is -0.155. The van der Waals surface area contributed by atoms with Gasteiger partial charge in [-0.2, -0.15) is 0 Å². The van der Waals surface area contributed by atoms with Crippen LogP contribution in [0.4, 0.5) is 5.69 Å². The molecule has 1 aliphatic rings. The minimum atomic E-state index is -0.255. The van der Waals surface area contributed by atoms with Crippen molar-refractivity contribution in [3.8, 4) is 0 Å². The molecule has 0 bridgehead atoms. The predicted octanol–water partition coefficient (Wildman–Crippen LogP) is 4.34. The van der Waals surface area contributed by atoms with E-state index in [-0.39, 0.29) is 17.6 Å². The smallest absolute Gasteiger partial charge is 0.328 e. The van der Waals surface area contributed by atoms with E-state index in [0.29, 0.717) is 0 Å². The number of para-hydroxylation sites is 1. The quantitative estimate of drug-likeness (QED) is 0.775. The molecule has 1 unspecified atom stereocenters. The molecule has 0 N–H and O–H groups in total. The first-order valence-electron chi connectivity index (χ1n) is 8.00. The van der Waals surface area contributed by atoms with Gasteiger partial charge in [0.1, 0.15) is 6.04 Å². The number of rotatable bonds is 4. The number of methoxy groups -OCH3 is 1. The summed E-state index contributed by atoms with van der Waals surface area (Å²) in [6.45, 7) is 10.7. The number of ether oxygens (including phenoxy) is 1. The molecule has 1 aromatic carbocycles. The molecule has 1 aromatic rings. The molecule has 0 saturated carbocycles. The summed E-state index contributed by atoms with van der Waals surface area (Å²) in [5, 5.41) is 0. The summed E-state index contributed by atoms with van der Waals surface area (Å²) >= 11 is 0. The van der Waals surface area contributed by atoms with Gasteiger partial charge in [0.05, 0.1) is 12.6 Å². The van der Waals surface area contributed by atoms with Gasteiger partial charge in [-0.1, -0.05) is 37.6 Å². The molecule has 1 heterocycles. The summed E-state index contributed by atoms with van der Waals surface area (Å²) in [6, 6.07) is 6.07. The van der Waals surface area contributed by atoms with Gasteiger partial charge >= 0.3 is 5.97 Å². The van der Waals surface area contributed by atoms with Crippen molar-refractivity contribution in [2.45, 2.75) is 59.0 Å². The van der Waals surface area contributed by atoms with Gasteiger partial charge < -0.3 is 9.64 Å². The van der Waals surface area contributed by atoms with Crippen LogP contribution in [0, 0.1) is 6.92 Å². The molecule has 22 heavy (non-hydrogen) atoms. The van der Waals surface area contributed by atoms with Gasteiger partial charge in [-0.15, -0.1) is 0 Å². The molecule has 0 radical (unpaired) electrons. The standard InChI is InChI=1S/C19H27NO2/c1-7-9-16(18(21)22-6)20-17-13(2)10-8-11-15(17)14(3)12-19(20,4)5/h8,10-12,16H,7,9H2,1-6H3. The third-order valence-corrected chi connectivity index (χ3v) is 4.44. The minimum Gasteiger partial charge on any atom is -0.467 e. The lowest BCUT2D eigenvalue weighted by Crippen LogP contribution is -2.54. The number of allylic oxidation sites excluding steroid dienone is 1. The van der Waals surface area contributed by atoms with Gasteiger partial charge in [-0.3, -0.25) is 0 Å². The van der Waals surface area contributed by atoms with Crippen molar-refractivity contribution in [1.29, 1.82) is 0 Å². The minimum absolute atomic E-state index is 0.155. The Kier molecular flexibility index (Phi) is 4.64. The molecule has 3 heteroatoms. The fourth-order valence-electron chi connectivity index (χ4n) is 3.58. The molecule has 0 spiro atoms. The highest BCUT2D eigenvalue weighted by Gasteiger charge is 2.39. The lowest BCUT2D eigenvalue weighted by atomic mass is 9.85. The molecule has 0 fully saturated rings. The second-order valence-corrected chi connectivity index (χ2v) is 6.65. The van der Waals surface area contributed by atoms with Crippen LogP contribution >= 0.6 is 0 Å².